The van der Waals surface area contributed by atoms with Gasteiger partial charge in [0, 0.05) is 51.2 Å². The highest BCUT2D eigenvalue weighted by Crippen LogP contribution is 2.34. The molecule has 0 bridgehead atoms. The first kappa shape index (κ1) is 38.4. The van der Waals surface area contributed by atoms with E-state index in [0.29, 0.717) is 23.2 Å². The zero-order chi connectivity index (χ0) is 41.4. The molecule has 5 heteroatoms. The molecule has 2 aromatic heterocycles. The maximum absolute atomic E-state index is 5.17. The van der Waals surface area contributed by atoms with Crippen LogP contribution in [0.25, 0.3) is 62.2 Å². The van der Waals surface area contributed by atoms with Crippen LogP contribution in [0.4, 0.5) is 0 Å². The fraction of sp³-hybridized carbons (Fsp3) is 0.0357. The van der Waals surface area contributed by atoms with Crippen LogP contribution in [0, 0.1) is 0 Å². The first-order valence-electron chi connectivity index (χ1n) is 20.3. The molecule has 0 aliphatic heterocycles. The summed E-state index contributed by atoms with van der Waals surface area (Å²) in [6.07, 6.45) is 17.4. The summed E-state index contributed by atoms with van der Waals surface area (Å²) >= 11 is 0. The summed E-state index contributed by atoms with van der Waals surface area (Å²) in [6, 6.07) is 53.3. The summed E-state index contributed by atoms with van der Waals surface area (Å²) in [7, 11) is 0. The number of aromatic nitrogens is 4. The summed E-state index contributed by atoms with van der Waals surface area (Å²) in [5, 5.41) is 0. The molecule has 0 radical (unpaired) electrons. The number of benzene rings is 5. The van der Waals surface area contributed by atoms with Gasteiger partial charge in [0.1, 0.15) is 0 Å². The Morgan fingerprint density at radius 3 is 1.69 bits per heavy atom. The molecular formula is C56H41N5. The van der Waals surface area contributed by atoms with Gasteiger partial charge in [0.2, 0.25) is 0 Å². The number of hydrogen-bond donors (Lipinski definition) is 0. The van der Waals surface area contributed by atoms with Gasteiger partial charge >= 0.3 is 0 Å². The predicted molar refractivity (Wildman–Crippen MR) is 251 cm³/mol. The highest BCUT2D eigenvalue weighted by atomic mass is 15.0. The van der Waals surface area contributed by atoms with Gasteiger partial charge in [0.15, 0.2) is 17.5 Å². The predicted octanol–water partition coefficient (Wildman–Crippen LogP) is 13.4. The van der Waals surface area contributed by atoms with Crippen molar-refractivity contribution in [3.8, 4) is 56.5 Å². The second kappa shape index (κ2) is 17.8. The van der Waals surface area contributed by atoms with Crippen LogP contribution >= 0.6 is 0 Å². The Kier molecular flexibility index (Phi) is 11.2. The highest BCUT2D eigenvalue weighted by molar-refractivity contribution is 5.90. The third kappa shape index (κ3) is 8.84. The Morgan fingerprint density at radius 1 is 0.574 bits per heavy atom. The van der Waals surface area contributed by atoms with Crippen LogP contribution in [-0.4, -0.2) is 26.2 Å². The minimum atomic E-state index is 0.148. The normalized spacial score (nSPS) is 14.7. The number of aliphatic imine (C=N–C) groups is 1. The molecule has 1 unspecified atom stereocenters. The maximum atomic E-state index is 5.17. The molecule has 5 nitrogen and oxygen atoms in total. The number of allylic oxidation sites excluding steroid dienone is 10. The van der Waals surface area contributed by atoms with Gasteiger partial charge in [-0.3, -0.25) is 9.98 Å². The molecule has 290 valence electrons. The van der Waals surface area contributed by atoms with Crippen LogP contribution in [0.1, 0.15) is 23.6 Å². The second-order valence-electron chi connectivity index (χ2n) is 14.7. The first-order chi connectivity index (χ1) is 30.1. The van der Waals surface area contributed by atoms with Gasteiger partial charge in [-0.15, -0.1) is 5.73 Å². The van der Waals surface area contributed by atoms with E-state index < -0.39 is 0 Å². The van der Waals surface area contributed by atoms with Crippen LogP contribution in [0.2, 0.25) is 0 Å². The zero-order valence-corrected chi connectivity index (χ0v) is 33.6. The monoisotopic (exact) mass is 783 g/mol. The second-order valence-corrected chi connectivity index (χ2v) is 14.7. The average Bonchev–Trinajstić information content (AvgIpc) is 3.56. The Hall–Kier alpha value is -8.11. The average molecular weight is 784 g/mol. The molecular weight excluding hydrogens is 743 g/mol. The first-order valence-corrected chi connectivity index (χ1v) is 20.3. The van der Waals surface area contributed by atoms with Gasteiger partial charge in [0.25, 0.3) is 0 Å². The third-order valence-corrected chi connectivity index (χ3v) is 10.7. The highest BCUT2D eigenvalue weighted by Gasteiger charge is 2.18. The fourth-order valence-corrected chi connectivity index (χ4v) is 7.34. The molecule has 0 N–H and O–H groups in total. The third-order valence-electron chi connectivity index (χ3n) is 10.7. The Balaban J connectivity index is 0.902. The summed E-state index contributed by atoms with van der Waals surface area (Å²) in [5.41, 5.74) is 17.2. The molecule has 9 rings (SSSR count). The summed E-state index contributed by atoms with van der Waals surface area (Å²) in [4.78, 5) is 24.5. The van der Waals surface area contributed by atoms with E-state index in [4.69, 9.17) is 24.9 Å². The van der Waals surface area contributed by atoms with Crippen molar-refractivity contribution in [1.29, 1.82) is 0 Å². The fourth-order valence-electron chi connectivity index (χ4n) is 7.34. The van der Waals surface area contributed by atoms with Crippen molar-refractivity contribution < 1.29 is 0 Å². The minimum absolute atomic E-state index is 0.148. The largest absolute Gasteiger partial charge is 0.256 e. The number of pyridine rings is 1. The Labute approximate surface area is 357 Å². The van der Waals surface area contributed by atoms with Gasteiger partial charge < -0.3 is 0 Å². The quantitative estimate of drug-likeness (QED) is 0.0968. The SMILES string of the molecule is C=CC1=C(C=NC(=C)c2ccc(-c3nc(-c4ccccc4)nc(-c4ccccc4)n3)cc2)C=CC(C2=CCC(c3cc(-c4ccccc4)cc(-c4ccccc4)n3)C=C2)=C=C1. The van der Waals surface area contributed by atoms with Crippen LogP contribution in [0.3, 0.4) is 0 Å². The molecule has 0 saturated heterocycles. The maximum Gasteiger partial charge on any atom is 0.164 e. The Bertz CT molecular complexity index is 2850. The molecule has 0 amide bonds. The van der Waals surface area contributed by atoms with E-state index in [1.807, 2.05) is 115 Å². The van der Waals surface area contributed by atoms with E-state index in [-0.39, 0.29) is 5.92 Å². The number of rotatable bonds is 11. The van der Waals surface area contributed by atoms with E-state index in [1.165, 1.54) is 5.56 Å². The zero-order valence-electron chi connectivity index (χ0n) is 33.6. The van der Waals surface area contributed by atoms with E-state index >= 15 is 0 Å². The van der Waals surface area contributed by atoms with Gasteiger partial charge in [-0.25, -0.2) is 15.0 Å². The summed E-state index contributed by atoms with van der Waals surface area (Å²) in [6.45, 7) is 8.37. The standard InChI is InChI=1S/C56H41N5/c1-3-40-24-27-43(44-28-31-46(32-29-44)53-37-51(42-16-8-4-9-17-42)36-52(58-53)45-18-10-5-11-19-45)30-35-50(40)38-57-39(2)41-25-33-49(34-26-41)56-60-54(47-20-12-6-13-21-47)59-55(61-56)48-22-14-7-15-23-48/h3-26,28-31,33-38,46H,1-2,32H2. The van der Waals surface area contributed by atoms with Crippen molar-refractivity contribution in [2.24, 2.45) is 4.99 Å². The van der Waals surface area contributed by atoms with Crippen molar-refractivity contribution >= 4 is 11.9 Å². The molecule has 61 heavy (non-hydrogen) atoms. The van der Waals surface area contributed by atoms with Crippen molar-refractivity contribution in [1.82, 2.24) is 19.9 Å². The lowest BCUT2D eigenvalue weighted by Gasteiger charge is -2.18. The minimum Gasteiger partial charge on any atom is -0.256 e. The van der Waals surface area contributed by atoms with Gasteiger partial charge in [0.05, 0.1) is 11.4 Å². The topological polar surface area (TPSA) is 63.9 Å². The molecule has 0 fully saturated rings. The molecule has 2 heterocycles. The molecule has 5 aromatic carbocycles. The number of hydrogen-bond acceptors (Lipinski definition) is 5. The van der Waals surface area contributed by atoms with Gasteiger partial charge in [-0.2, -0.15) is 0 Å². The van der Waals surface area contributed by atoms with E-state index in [2.05, 4.69) is 110 Å². The Morgan fingerprint density at radius 2 is 1.13 bits per heavy atom. The smallest absolute Gasteiger partial charge is 0.164 e. The van der Waals surface area contributed by atoms with E-state index in [0.717, 1.165) is 73.5 Å². The lowest BCUT2D eigenvalue weighted by atomic mass is 9.89. The van der Waals surface area contributed by atoms with Crippen molar-refractivity contribution in [3.05, 3.63) is 253 Å². The van der Waals surface area contributed by atoms with Crippen LogP contribution in [0.15, 0.2) is 246 Å². The van der Waals surface area contributed by atoms with E-state index in [9.17, 15) is 0 Å². The van der Waals surface area contributed by atoms with Gasteiger partial charge in [-0.05, 0) is 58.5 Å². The van der Waals surface area contributed by atoms with Gasteiger partial charge in [-0.1, -0.05) is 189 Å². The van der Waals surface area contributed by atoms with Crippen molar-refractivity contribution in [2.75, 3.05) is 0 Å². The molecule has 2 aliphatic carbocycles. The number of nitrogens with zero attached hydrogens (tertiary/aromatic N) is 5. The molecule has 0 spiro atoms. The lowest BCUT2D eigenvalue weighted by Crippen LogP contribution is -2.03. The summed E-state index contributed by atoms with van der Waals surface area (Å²) in [5.74, 6) is 1.99. The molecule has 7 aromatic rings. The molecule has 0 saturated carbocycles. The molecule has 1 atom stereocenters. The summed E-state index contributed by atoms with van der Waals surface area (Å²) < 4.78 is 0. The molecule has 2 aliphatic rings. The van der Waals surface area contributed by atoms with Crippen molar-refractivity contribution in [2.45, 2.75) is 12.3 Å². The lowest BCUT2D eigenvalue weighted by molar-refractivity contribution is 0.812. The van der Waals surface area contributed by atoms with Crippen molar-refractivity contribution in [3.63, 3.8) is 0 Å². The van der Waals surface area contributed by atoms with Crippen LogP contribution < -0.4 is 0 Å². The van der Waals surface area contributed by atoms with Crippen LogP contribution in [-0.2, 0) is 0 Å². The van der Waals surface area contributed by atoms with Crippen LogP contribution in [0.5, 0.6) is 0 Å². The van der Waals surface area contributed by atoms with E-state index in [1.54, 1.807) is 0 Å².